The van der Waals surface area contributed by atoms with Gasteiger partial charge in [0.1, 0.15) is 0 Å². The molecule has 0 aliphatic rings. The number of nitrogens with zero attached hydrogens (tertiary/aromatic N) is 1. The van der Waals surface area contributed by atoms with Gasteiger partial charge in [-0.15, -0.1) is 0 Å². The standard InChI is InChI=1S/C6H18NSi2.Zr/c1-8(2,3)7-9(4,5)6;/h1-6H3;/q-1;. The van der Waals surface area contributed by atoms with Gasteiger partial charge in [-0.1, -0.05) is 55.8 Å². The SMILES string of the molecule is C[Si](C)(C)[N-][Si](C)(C)C.[Zr]. The largest absolute Gasteiger partial charge is 0.668 e. The van der Waals surface area contributed by atoms with E-state index in [9.17, 15) is 0 Å². The molecule has 0 saturated carbocycles. The summed E-state index contributed by atoms with van der Waals surface area (Å²) in [5.74, 6) is 0. The monoisotopic (exact) mass is 250 g/mol. The summed E-state index contributed by atoms with van der Waals surface area (Å²) in [6.45, 7) is 13.8. The van der Waals surface area contributed by atoms with Crippen molar-refractivity contribution in [2.75, 3.05) is 0 Å². The van der Waals surface area contributed by atoms with Crippen LogP contribution in [0.15, 0.2) is 0 Å². The fraction of sp³-hybridized carbons (Fsp3) is 1.00. The molecule has 4 heteroatoms. The fourth-order valence-electron chi connectivity index (χ4n) is 1.01. The summed E-state index contributed by atoms with van der Waals surface area (Å²) >= 11 is 0. The van der Waals surface area contributed by atoms with Crippen LogP contribution in [0.5, 0.6) is 0 Å². The number of rotatable bonds is 2. The second-order valence-corrected chi connectivity index (χ2v) is 14.0. The van der Waals surface area contributed by atoms with Crippen molar-refractivity contribution in [3.05, 3.63) is 4.65 Å². The van der Waals surface area contributed by atoms with Gasteiger partial charge in [0.25, 0.3) is 0 Å². The Morgan fingerprint density at radius 1 is 0.700 bits per heavy atom. The van der Waals surface area contributed by atoms with Crippen LogP contribution in [0, 0.1) is 0 Å². The van der Waals surface area contributed by atoms with Gasteiger partial charge in [-0.3, -0.25) is 0 Å². The van der Waals surface area contributed by atoms with Crippen LogP contribution in [0.3, 0.4) is 0 Å². The molecule has 60 valence electrons. The van der Waals surface area contributed by atoms with Crippen molar-refractivity contribution in [3.8, 4) is 0 Å². The molecule has 0 rings (SSSR count). The minimum Gasteiger partial charge on any atom is -0.668 e. The predicted molar refractivity (Wildman–Crippen MR) is 50.1 cm³/mol. The van der Waals surface area contributed by atoms with Gasteiger partial charge in [0.2, 0.25) is 0 Å². The predicted octanol–water partition coefficient (Wildman–Crippen LogP) is 3.03. The van der Waals surface area contributed by atoms with Gasteiger partial charge in [0, 0.05) is 26.2 Å². The Labute approximate surface area is 86.3 Å². The minimum atomic E-state index is -1.11. The molecule has 1 nitrogen and oxygen atoms in total. The molecule has 0 aromatic rings. The summed E-state index contributed by atoms with van der Waals surface area (Å²) in [6.07, 6.45) is 0. The maximum atomic E-state index is 4.82. The van der Waals surface area contributed by atoms with E-state index in [0.29, 0.717) is 0 Å². The molecule has 0 radical (unpaired) electrons. The zero-order valence-corrected chi connectivity index (χ0v) is 12.4. The first-order valence-electron chi connectivity index (χ1n) is 3.45. The topological polar surface area (TPSA) is 14.1 Å². The van der Waals surface area contributed by atoms with Crippen LogP contribution in [0.4, 0.5) is 0 Å². The van der Waals surface area contributed by atoms with Crippen LogP contribution in [0.2, 0.25) is 39.3 Å². The van der Waals surface area contributed by atoms with Crippen molar-refractivity contribution in [2.45, 2.75) is 39.3 Å². The van der Waals surface area contributed by atoms with Crippen LogP contribution >= 0.6 is 0 Å². The van der Waals surface area contributed by atoms with E-state index in [-0.39, 0.29) is 26.2 Å². The zero-order valence-electron chi connectivity index (χ0n) is 7.95. The van der Waals surface area contributed by atoms with Gasteiger partial charge in [-0.2, -0.15) is 0 Å². The van der Waals surface area contributed by atoms with Crippen molar-refractivity contribution in [3.63, 3.8) is 0 Å². The second kappa shape index (κ2) is 4.34. The molecular weight excluding hydrogens is 233 g/mol. The Bertz CT molecular complexity index is 80.9. The van der Waals surface area contributed by atoms with E-state index in [0.717, 1.165) is 0 Å². The van der Waals surface area contributed by atoms with Gasteiger partial charge in [0.15, 0.2) is 0 Å². The fourth-order valence-corrected chi connectivity index (χ4v) is 9.06. The zero-order chi connectivity index (χ0) is 7.71. The van der Waals surface area contributed by atoms with E-state index in [1.54, 1.807) is 0 Å². The number of hydrogen-bond acceptors (Lipinski definition) is 0. The van der Waals surface area contributed by atoms with Crippen molar-refractivity contribution in [1.82, 2.24) is 0 Å². The van der Waals surface area contributed by atoms with E-state index >= 15 is 0 Å². The van der Waals surface area contributed by atoms with Crippen LogP contribution in [0.25, 0.3) is 4.65 Å². The van der Waals surface area contributed by atoms with E-state index in [4.69, 9.17) is 4.65 Å². The van der Waals surface area contributed by atoms with E-state index in [2.05, 4.69) is 39.3 Å². The van der Waals surface area contributed by atoms with Crippen molar-refractivity contribution >= 4 is 16.5 Å². The van der Waals surface area contributed by atoms with E-state index in [1.807, 2.05) is 0 Å². The molecule has 0 fully saturated rings. The summed E-state index contributed by atoms with van der Waals surface area (Å²) in [5, 5.41) is 0. The molecule has 10 heavy (non-hydrogen) atoms. The minimum absolute atomic E-state index is 0. The van der Waals surface area contributed by atoms with Crippen LogP contribution < -0.4 is 0 Å². The van der Waals surface area contributed by atoms with Crippen molar-refractivity contribution < 1.29 is 26.2 Å². The van der Waals surface area contributed by atoms with Gasteiger partial charge < -0.3 is 4.65 Å². The Balaban J connectivity index is 0. The molecule has 0 bridgehead atoms. The van der Waals surface area contributed by atoms with Crippen LogP contribution in [-0.4, -0.2) is 16.5 Å². The molecule has 0 saturated heterocycles. The summed E-state index contributed by atoms with van der Waals surface area (Å²) in [6, 6.07) is 0. The summed E-state index contributed by atoms with van der Waals surface area (Å²) < 4.78 is 4.82. The smallest absolute Gasteiger partial charge is 0 e. The maximum Gasteiger partial charge on any atom is 0 e. The Morgan fingerprint density at radius 2 is 0.900 bits per heavy atom. The average Bonchev–Trinajstić information content (AvgIpc) is 1.14. The molecule has 0 unspecified atom stereocenters. The molecule has 0 aliphatic heterocycles. The molecule has 0 heterocycles. The molecule has 0 atom stereocenters. The second-order valence-electron chi connectivity index (χ2n) is 4.45. The Morgan fingerprint density at radius 3 is 0.900 bits per heavy atom. The van der Waals surface area contributed by atoms with E-state index < -0.39 is 16.5 Å². The molecule has 0 spiro atoms. The Kier molecular flexibility index (Phi) is 6.00. The van der Waals surface area contributed by atoms with Crippen molar-refractivity contribution in [2.24, 2.45) is 0 Å². The summed E-state index contributed by atoms with van der Waals surface area (Å²) in [7, 11) is -2.21. The third kappa shape index (κ3) is 12.0. The molecule has 0 amide bonds. The summed E-state index contributed by atoms with van der Waals surface area (Å²) in [5.41, 5.74) is 0. The third-order valence-electron chi connectivity index (χ3n) is 0.671. The van der Waals surface area contributed by atoms with E-state index in [1.165, 1.54) is 0 Å². The van der Waals surface area contributed by atoms with Gasteiger partial charge in [0.05, 0.1) is 0 Å². The van der Waals surface area contributed by atoms with Gasteiger partial charge in [-0.25, -0.2) is 0 Å². The molecule has 0 aliphatic carbocycles. The number of hydrogen-bond donors (Lipinski definition) is 0. The molecule has 0 aromatic heterocycles. The first-order valence-corrected chi connectivity index (χ1v) is 10.3. The molecule has 0 aromatic carbocycles. The summed E-state index contributed by atoms with van der Waals surface area (Å²) in [4.78, 5) is 0. The average molecular weight is 252 g/mol. The van der Waals surface area contributed by atoms with Gasteiger partial charge in [-0.05, 0) is 0 Å². The molecule has 0 N–H and O–H groups in total. The first-order chi connectivity index (χ1) is 3.71. The normalized spacial score (nSPS) is 12.6. The van der Waals surface area contributed by atoms with Crippen LogP contribution in [-0.2, 0) is 26.2 Å². The quantitative estimate of drug-likeness (QED) is 0.670. The van der Waals surface area contributed by atoms with Crippen LogP contribution in [0.1, 0.15) is 0 Å². The van der Waals surface area contributed by atoms with Gasteiger partial charge >= 0.3 is 0 Å². The maximum absolute atomic E-state index is 4.82. The Hall–Kier alpha value is 1.28. The first kappa shape index (κ1) is 13.8. The molecular formula is C6H18NSi2Zr-. The van der Waals surface area contributed by atoms with Crippen molar-refractivity contribution in [1.29, 1.82) is 0 Å². The third-order valence-corrected chi connectivity index (χ3v) is 6.04.